The summed E-state index contributed by atoms with van der Waals surface area (Å²) in [7, 11) is 1.65. The summed E-state index contributed by atoms with van der Waals surface area (Å²) in [5.41, 5.74) is 0.747. The number of anilines is 1. The summed E-state index contributed by atoms with van der Waals surface area (Å²) < 4.78 is 42.1. The van der Waals surface area contributed by atoms with E-state index in [9.17, 15) is 18.0 Å². The molecule has 0 unspecified atom stereocenters. The van der Waals surface area contributed by atoms with Crippen LogP contribution in [0.4, 0.5) is 18.9 Å². The Balaban J connectivity index is 1.89. The van der Waals surface area contributed by atoms with Gasteiger partial charge in [0.1, 0.15) is 11.6 Å². The number of nitrogens with one attached hydrogen (secondary N) is 1. The van der Waals surface area contributed by atoms with Gasteiger partial charge in [-0.25, -0.2) is 4.39 Å². The first-order valence-electron chi connectivity index (χ1n) is 7.31. The molecule has 0 aliphatic carbocycles. The van der Waals surface area contributed by atoms with Crippen molar-refractivity contribution in [3.8, 4) is 5.75 Å². The van der Waals surface area contributed by atoms with Gasteiger partial charge in [-0.2, -0.15) is 8.78 Å². The lowest BCUT2D eigenvalue weighted by atomic mass is 10.2. The molecule has 25 heavy (non-hydrogen) atoms. The number of carbonyl (C=O) groups excluding carboxylic acids is 1. The number of hydrogen-bond donors (Lipinski definition) is 1. The van der Waals surface area contributed by atoms with Crippen molar-refractivity contribution in [3.63, 3.8) is 0 Å². The van der Waals surface area contributed by atoms with E-state index in [1.165, 1.54) is 36.4 Å². The molecule has 2 aromatic carbocycles. The average Bonchev–Trinajstić information content (AvgIpc) is 2.52. The second-order valence-corrected chi connectivity index (χ2v) is 5.73. The Morgan fingerprint density at radius 3 is 2.52 bits per heavy atom. The first-order valence-corrected chi connectivity index (χ1v) is 7.69. The smallest absolute Gasteiger partial charge is 0.387 e. The van der Waals surface area contributed by atoms with Gasteiger partial charge >= 0.3 is 6.61 Å². The van der Waals surface area contributed by atoms with Gasteiger partial charge in [-0.15, -0.1) is 0 Å². The van der Waals surface area contributed by atoms with Crippen molar-refractivity contribution in [1.82, 2.24) is 4.90 Å². The summed E-state index contributed by atoms with van der Waals surface area (Å²) in [6.45, 7) is -2.74. The Kier molecular flexibility index (Phi) is 6.66. The summed E-state index contributed by atoms with van der Waals surface area (Å²) in [6, 6.07) is 9.94. The fraction of sp³-hybridized carbons (Fsp3) is 0.235. The maximum atomic E-state index is 13.7. The Labute approximate surface area is 148 Å². The molecule has 8 heteroatoms. The third-order valence-corrected chi connectivity index (χ3v) is 3.62. The Morgan fingerprint density at radius 1 is 1.24 bits per heavy atom. The monoisotopic (exact) mass is 372 g/mol. The molecule has 0 fully saturated rings. The van der Waals surface area contributed by atoms with Crippen molar-refractivity contribution >= 4 is 23.2 Å². The van der Waals surface area contributed by atoms with Crippen LogP contribution in [0.1, 0.15) is 5.56 Å². The minimum Gasteiger partial charge on any atom is -0.435 e. The third kappa shape index (κ3) is 5.95. The van der Waals surface area contributed by atoms with Gasteiger partial charge in [0.25, 0.3) is 0 Å². The van der Waals surface area contributed by atoms with E-state index in [-0.39, 0.29) is 24.7 Å². The highest BCUT2D eigenvalue weighted by atomic mass is 35.5. The van der Waals surface area contributed by atoms with E-state index in [1.54, 1.807) is 18.0 Å². The molecule has 0 aliphatic rings. The molecule has 2 rings (SSSR count). The minimum absolute atomic E-state index is 0.0000509. The lowest BCUT2D eigenvalue weighted by Gasteiger charge is -2.17. The van der Waals surface area contributed by atoms with E-state index in [2.05, 4.69) is 10.1 Å². The molecule has 4 nitrogen and oxygen atoms in total. The lowest BCUT2D eigenvalue weighted by Crippen LogP contribution is -2.30. The normalized spacial score (nSPS) is 11.0. The van der Waals surface area contributed by atoms with Gasteiger partial charge in [0.2, 0.25) is 5.91 Å². The molecule has 0 aliphatic heterocycles. The number of nitrogens with zero attached hydrogens (tertiary/aromatic N) is 1. The number of amides is 1. The highest BCUT2D eigenvalue weighted by molar-refractivity contribution is 6.31. The number of alkyl halides is 2. The van der Waals surface area contributed by atoms with Crippen LogP contribution in [0, 0.1) is 5.82 Å². The van der Waals surface area contributed by atoms with Gasteiger partial charge in [0.05, 0.1) is 6.54 Å². The molecular formula is C17H16ClF3N2O2. The molecule has 134 valence electrons. The Hall–Kier alpha value is -2.25. The average molecular weight is 373 g/mol. The zero-order valence-electron chi connectivity index (χ0n) is 13.3. The predicted octanol–water partition coefficient (Wildman–Crippen LogP) is 4.15. The van der Waals surface area contributed by atoms with Crippen molar-refractivity contribution < 1.29 is 22.7 Å². The van der Waals surface area contributed by atoms with E-state index >= 15 is 0 Å². The maximum absolute atomic E-state index is 13.7. The van der Waals surface area contributed by atoms with Gasteiger partial charge in [0.15, 0.2) is 0 Å². The largest absolute Gasteiger partial charge is 0.435 e. The standard InChI is InChI=1S/C17H16ClF3N2O2/c1-23(9-13-14(18)3-2-4-15(13)19)10-16(24)22-11-5-7-12(8-6-11)25-17(20)21/h2-8,17H,9-10H2,1H3,(H,22,24). The zero-order valence-corrected chi connectivity index (χ0v) is 14.1. The number of rotatable bonds is 7. The van der Waals surface area contributed by atoms with Gasteiger partial charge in [-0.1, -0.05) is 17.7 Å². The number of carbonyl (C=O) groups is 1. The molecule has 1 N–H and O–H groups in total. The van der Waals surface area contributed by atoms with Crippen LogP contribution in [0.2, 0.25) is 5.02 Å². The van der Waals surface area contributed by atoms with E-state index in [0.29, 0.717) is 16.3 Å². The number of benzene rings is 2. The summed E-state index contributed by atoms with van der Waals surface area (Å²) in [5.74, 6) is -0.772. The predicted molar refractivity (Wildman–Crippen MR) is 89.4 cm³/mol. The van der Waals surface area contributed by atoms with Crippen molar-refractivity contribution in [3.05, 3.63) is 58.9 Å². The maximum Gasteiger partial charge on any atom is 0.387 e. The first-order chi connectivity index (χ1) is 11.8. The van der Waals surface area contributed by atoms with E-state index < -0.39 is 12.4 Å². The van der Waals surface area contributed by atoms with Gasteiger partial charge in [-0.05, 0) is 43.4 Å². The van der Waals surface area contributed by atoms with Crippen molar-refractivity contribution in [2.75, 3.05) is 18.9 Å². The van der Waals surface area contributed by atoms with Crippen LogP contribution < -0.4 is 10.1 Å². The molecule has 0 spiro atoms. The Morgan fingerprint density at radius 2 is 1.92 bits per heavy atom. The first kappa shape index (κ1) is 19.1. The van der Waals surface area contributed by atoms with Gasteiger partial charge < -0.3 is 10.1 Å². The molecule has 1 amide bonds. The molecule has 0 radical (unpaired) electrons. The minimum atomic E-state index is -2.90. The third-order valence-electron chi connectivity index (χ3n) is 3.27. The summed E-state index contributed by atoms with van der Waals surface area (Å²) in [6.07, 6.45) is 0. The number of ether oxygens (including phenoxy) is 1. The van der Waals surface area contributed by atoms with Crippen LogP contribution in [0.15, 0.2) is 42.5 Å². The van der Waals surface area contributed by atoms with E-state index in [0.717, 1.165) is 0 Å². The fourth-order valence-corrected chi connectivity index (χ4v) is 2.40. The molecule has 2 aromatic rings. The SMILES string of the molecule is CN(CC(=O)Nc1ccc(OC(F)F)cc1)Cc1c(F)cccc1Cl. The highest BCUT2D eigenvalue weighted by Gasteiger charge is 2.13. The lowest BCUT2D eigenvalue weighted by molar-refractivity contribution is -0.117. The van der Waals surface area contributed by atoms with Crippen molar-refractivity contribution in [2.45, 2.75) is 13.2 Å². The van der Waals surface area contributed by atoms with Crippen LogP contribution >= 0.6 is 11.6 Å². The van der Waals surface area contributed by atoms with Crippen LogP contribution in [0.3, 0.4) is 0 Å². The topological polar surface area (TPSA) is 41.6 Å². The molecule has 0 saturated carbocycles. The van der Waals surface area contributed by atoms with E-state index in [1.807, 2.05) is 0 Å². The molecule has 0 saturated heterocycles. The molecule has 0 aromatic heterocycles. The van der Waals surface area contributed by atoms with E-state index in [4.69, 9.17) is 11.6 Å². The fourth-order valence-electron chi connectivity index (χ4n) is 2.17. The van der Waals surface area contributed by atoms with Crippen LogP contribution in [-0.4, -0.2) is 31.0 Å². The summed E-state index contributed by atoms with van der Waals surface area (Å²) in [4.78, 5) is 13.6. The molecular weight excluding hydrogens is 357 g/mol. The number of halogens is 4. The second kappa shape index (κ2) is 8.73. The van der Waals surface area contributed by atoms with Gasteiger partial charge in [-0.3, -0.25) is 9.69 Å². The summed E-state index contributed by atoms with van der Waals surface area (Å²) >= 11 is 5.96. The molecule has 0 bridgehead atoms. The van der Waals surface area contributed by atoms with Crippen LogP contribution in [0.25, 0.3) is 0 Å². The number of likely N-dealkylation sites (N-methyl/N-ethyl adjacent to an activating group) is 1. The molecule has 0 heterocycles. The van der Waals surface area contributed by atoms with Gasteiger partial charge in [0, 0.05) is 22.8 Å². The number of hydrogen-bond acceptors (Lipinski definition) is 3. The van der Waals surface area contributed by atoms with Crippen LogP contribution in [-0.2, 0) is 11.3 Å². The zero-order chi connectivity index (χ0) is 18.4. The summed E-state index contributed by atoms with van der Waals surface area (Å²) in [5, 5.41) is 2.91. The van der Waals surface area contributed by atoms with Crippen molar-refractivity contribution in [2.24, 2.45) is 0 Å². The van der Waals surface area contributed by atoms with Crippen molar-refractivity contribution in [1.29, 1.82) is 0 Å². The quantitative estimate of drug-likeness (QED) is 0.793. The second-order valence-electron chi connectivity index (χ2n) is 5.32. The van der Waals surface area contributed by atoms with Crippen LogP contribution in [0.5, 0.6) is 5.75 Å². The molecule has 0 atom stereocenters. The highest BCUT2D eigenvalue weighted by Crippen LogP contribution is 2.20. The Bertz CT molecular complexity index is 706.